The highest BCUT2D eigenvalue weighted by Gasteiger charge is 2.31. The number of benzene rings is 2. The fraction of sp³-hybridized carbons (Fsp3) is 0.111. The van der Waals surface area contributed by atoms with Gasteiger partial charge in [0.2, 0.25) is 0 Å². The third-order valence-corrected chi connectivity index (χ3v) is 3.71. The second-order valence-electron chi connectivity index (χ2n) is 5.30. The summed E-state index contributed by atoms with van der Waals surface area (Å²) in [7, 11) is 1.37. The standard InChI is InChI=1S/C18H13ClF3N3O/c1-26-14-8-7-12(18(20,21)22)9-13(14)23-16-10-15(19)24-17(25-16)11-5-3-2-4-6-11/h2-10H,1H3,(H,23,24,25). The van der Waals surface area contributed by atoms with Gasteiger partial charge in [0.15, 0.2) is 5.82 Å². The van der Waals surface area contributed by atoms with Crippen LogP contribution in [0.4, 0.5) is 24.7 Å². The van der Waals surface area contributed by atoms with E-state index in [1.807, 2.05) is 18.2 Å². The fourth-order valence-corrected chi connectivity index (χ4v) is 2.50. The summed E-state index contributed by atoms with van der Waals surface area (Å²) in [6, 6.07) is 13.7. The number of halogens is 4. The van der Waals surface area contributed by atoms with E-state index in [0.717, 1.165) is 17.7 Å². The maximum atomic E-state index is 13.0. The Morgan fingerprint density at radius 2 is 1.73 bits per heavy atom. The first-order valence-electron chi connectivity index (χ1n) is 7.49. The van der Waals surface area contributed by atoms with Crippen LogP contribution in [0.15, 0.2) is 54.6 Å². The SMILES string of the molecule is COc1ccc(C(F)(F)F)cc1Nc1cc(Cl)nc(-c2ccccc2)n1. The van der Waals surface area contributed by atoms with Gasteiger partial charge < -0.3 is 10.1 Å². The van der Waals surface area contributed by atoms with Gasteiger partial charge in [-0.05, 0) is 18.2 Å². The quantitative estimate of drug-likeness (QED) is 0.602. The van der Waals surface area contributed by atoms with Crippen molar-refractivity contribution in [3.05, 3.63) is 65.3 Å². The van der Waals surface area contributed by atoms with E-state index in [-0.39, 0.29) is 22.4 Å². The number of rotatable bonds is 4. The van der Waals surface area contributed by atoms with E-state index in [1.54, 1.807) is 12.1 Å². The molecule has 1 N–H and O–H groups in total. The van der Waals surface area contributed by atoms with Crippen molar-refractivity contribution in [1.82, 2.24) is 9.97 Å². The van der Waals surface area contributed by atoms with Crippen molar-refractivity contribution < 1.29 is 17.9 Å². The Morgan fingerprint density at radius 1 is 1.00 bits per heavy atom. The molecule has 0 saturated heterocycles. The molecule has 134 valence electrons. The maximum absolute atomic E-state index is 13.0. The fourth-order valence-electron chi connectivity index (χ4n) is 2.32. The monoisotopic (exact) mass is 379 g/mol. The Bertz CT molecular complexity index is 917. The third kappa shape index (κ3) is 4.05. The molecule has 26 heavy (non-hydrogen) atoms. The zero-order chi connectivity index (χ0) is 18.7. The summed E-state index contributed by atoms with van der Waals surface area (Å²) in [5, 5.41) is 2.99. The van der Waals surface area contributed by atoms with E-state index in [4.69, 9.17) is 16.3 Å². The zero-order valence-electron chi connectivity index (χ0n) is 13.5. The molecule has 1 heterocycles. The molecule has 0 atom stereocenters. The highest BCUT2D eigenvalue weighted by molar-refractivity contribution is 6.29. The number of ether oxygens (including phenoxy) is 1. The van der Waals surface area contributed by atoms with Crippen LogP contribution in [0.5, 0.6) is 5.75 Å². The molecule has 0 spiro atoms. The van der Waals surface area contributed by atoms with Gasteiger partial charge in [-0.25, -0.2) is 9.97 Å². The van der Waals surface area contributed by atoms with Gasteiger partial charge in [0.1, 0.15) is 16.7 Å². The van der Waals surface area contributed by atoms with Gasteiger partial charge in [0, 0.05) is 11.6 Å². The Hall–Kier alpha value is -2.80. The molecule has 0 aliphatic heterocycles. The van der Waals surface area contributed by atoms with Crippen molar-refractivity contribution in [3.63, 3.8) is 0 Å². The van der Waals surface area contributed by atoms with Crippen LogP contribution in [-0.4, -0.2) is 17.1 Å². The number of anilines is 2. The van der Waals surface area contributed by atoms with E-state index >= 15 is 0 Å². The minimum absolute atomic E-state index is 0.121. The van der Waals surface area contributed by atoms with Crippen LogP contribution < -0.4 is 10.1 Å². The van der Waals surface area contributed by atoms with E-state index in [2.05, 4.69) is 15.3 Å². The Labute approximate surface area is 152 Å². The molecular formula is C18H13ClF3N3O. The topological polar surface area (TPSA) is 47.0 Å². The zero-order valence-corrected chi connectivity index (χ0v) is 14.3. The van der Waals surface area contributed by atoms with Gasteiger partial charge >= 0.3 is 6.18 Å². The van der Waals surface area contributed by atoms with Gasteiger partial charge in [0.05, 0.1) is 18.4 Å². The number of methoxy groups -OCH3 is 1. The highest BCUT2D eigenvalue weighted by atomic mass is 35.5. The Balaban J connectivity index is 2.00. The molecule has 0 unspecified atom stereocenters. The number of nitrogens with zero attached hydrogens (tertiary/aromatic N) is 2. The van der Waals surface area contributed by atoms with Crippen molar-refractivity contribution in [2.75, 3.05) is 12.4 Å². The normalized spacial score (nSPS) is 11.3. The molecular weight excluding hydrogens is 367 g/mol. The molecule has 0 radical (unpaired) electrons. The van der Waals surface area contributed by atoms with E-state index in [0.29, 0.717) is 5.82 Å². The van der Waals surface area contributed by atoms with Crippen molar-refractivity contribution in [2.24, 2.45) is 0 Å². The summed E-state index contributed by atoms with van der Waals surface area (Å²) in [5.41, 5.74) is 0.0504. The van der Waals surface area contributed by atoms with Crippen molar-refractivity contribution >= 4 is 23.1 Å². The molecule has 0 bridgehead atoms. The Morgan fingerprint density at radius 3 is 2.38 bits per heavy atom. The first kappa shape index (κ1) is 18.0. The lowest BCUT2D eigenvalue weighted by Gasteiger charge is -2.14. The van der Waals surface area contributed by atoms with Crippen molar-refractivity contribution in [3.8, 4) is 17.1 Å². The summed E-state index contributed by atoms with van der Waals surface area (Å²) in [6.07, 6.45) is -4.47. The molecule has 0 amide bonds. The van der Waals surface area contributed by atoms with Crippen molar-refractivity contribution in [2.45, 2.75) is 6.18 Å². The molecule has 0 saturated carbocycles. The first-order valence-corrected chi connectivity index (χ1v) is 7.87. The number of aromatic nitrogens is 2. The molecule has 0 fully saturated rings. The minimum Gasteiger partial charge on any atom is -0.495 e. The largest absolute Gasteiger partial charge is 0.495 e. The second-order valence-corrected chi connectivity index (χ2v) is 5.69. The lowest BCUT2D eigenvalue weighted by Crippen LogP contribution is -2.06. The van der Waals surface area contributed by atoms with Gasteiger partial charge in [-0.2, -0.15) is 13.2 Å². The molecule has 0 aliphatic rings. The average molecular weight is 380 g/mol. The van der Waals surface area contributed by atoms with Crippen LogP contribution >= 0.6 is 11.6 Å². The lowest BCUT2D eigenvalue weighted by atomic mass is 10.1. The van der Waals surface area contributed by atoms with Gasteiger partial charge in [-0.15, -0.1) is 0 Å². The first-order chi connectivity index (χ1) is 12.4. The molecule has 3 aromatic rings. The predicted octanol–water partition coefficient (Wildman–Crippen LogP) is 5.57. The third-order valence-electron chi connectivity index (χ3n) is 3.52. The second kappa shape index (κ2) is 7.21. The summed E-state index contributed by atoms with van der Waals surface area (Å²) < 4.78 is 44.1. The van der Waals surface area contributed by atoms with Gasteiger partial charge in [0.25, 0.3) is 0 Å². The van der Waals surface area contributed by atoms with E-state index in [9.17, 15) is 13.2 Å². The summed E-state index contributed by atoms with van der Waals surface area (Å²) in [4.78, 5) is 8.47. The van der Waals surface area contributed by atoms with Crippen LogP contribution in [0.2, 0.25) is 5.15 Å². The van der Waals surface area contributed by atoms with Crippen LogP contribution in [0.3, 0.4) is 0 Å². The molecule has 1 aromatic heterocycles. The molecule has 0 aliphatic carbocycles. The molecule has 4 nitrogen and oxygen atoms in total. The average Bonchev–Trinajstić information content (AvgIpc) is 2.61. The van der Waals surface area contributed by atoms with Gasteiger partial charge in [-0.1, -0.05) is 41.9 Å². The van der Waals surface area contributed by atoms with Crippen LogP contribution in [0.1, 0.15) is 5.56 Å². The summed E-state index contributed by atoms with van der Waals surface area (Å²) in [6.45, 7) is 0. The molecule has 3 rings (SSSR count). The minimum atomic E-state index is -4.47. The van der Waals surface area contributed by atoms with Crippen LogP contribution in [0, 0.1) is 0 Å². The highest BCUT2D eigenvalue weighted by Crippen LogP contribution is 2.36. The number of hydrogen-bond acceptors (Lipinski definition) is 4. The Kier molecular flexibility index (Phi) is 4.99. The maximum Gasteiger partial charge on any atom is 0.416 e. The summed E-state index contributed by atoms with van der Waals surface area (Å²) >= 11 is 6.04. The van der Waals surface area contributed by atoms with Crippen LogP contribution in [0.25, 0.3) is 11.4 Å². The molecule has 8 heteroatoms. The number of alkyl halides is 3. The van der Waals surface area contributed by atoms with Crippen LogP contribution in [-0.2, 0) is 6.18 Å². The van der Waals surface area contributed by atoms with Crippen molar-refractivity contribution in [1.29, 1.82) is 0 Å². The number of hydrogen-bond donors (Lipinski definition) is 1. The number of nitrogens with one attached hydrogen (secondary N) is 1. The molecule has 2 aromatic carbocycles. The predicted molar refractivity (Wildman–Crippen MR) is 93.8 cm³/mol. The van der Waals surface area contributed by atoms with Gasteiger partial charge in [-0.3, -0.25) is 0 Å². The summed E-state index contributed by atoms with van der Waals surface area (Å²) in [5.74, 6) is 0.849. The lowest BCUT2D eigenvalue weighted by molar-refractivity contribution is -0.137. The van der Waals surface area contributed by atoms with E-state index < -0.39 is 11.7 Å². The van der Waals surface area contributed by atoms with E-state index in [1.165, 1.54) is 19.2 Å². The smallest absolute Gasteiger partial charge is 0.416 e.